The number of thiocarbonyl (C=S) groups is 1. The van der Waals surface area contributed by atoms with Crippen LogP contribution in [0.2, 0.25) is 0 Å². The Morgan fingerprint density at radius 3 is 2.50 bits per heavy atom. The summed E-state index contributed by atoms with van der Waals surface area (Å²) >= 11 is 6.56. The van der Waals surface area contributed by atoms with E-state index < -0.39 is 0 Å². The molecule has 0 nitrogen and oxygen atoms in total. The van der Waals surface area contributed by atoms with Crippen molar-refractivity contribution < 1.29 is 0 Å². The summed E-state index contributed by atoms with van der Waals surface area (Å²) in [6.45, 7) is 1.97. The number of rotatable bonds is 1. The molecule has 0 radical (unpaired) electrons. The highest BCUT2D eigenvalue weighted by Gasteiger charge is 1.78. The van der Waals surface area contributed by atoms with Crippen LogP contribution in [-0.2, 0) is 0 Å². The number of hydrogen-bond acceptors (Lipinski definition) is 2. The van der Waals surface area contributed by atoms with E-state index in [0.29, 0.717) is 0 Å². The summed E-state index contributed by atoms with van der Waals surface area (Å²) in [4.78, 5) is 0. The van der Waals surface area contributed by atoms with Gasteiger partial charge in [-0.05, 0) is 12.3 Å². The predicted molar refractivity (Wildman–Crippen MR) is 40.7 cm³/mol. The molecule has 0 aliphatic carbocycles. The molecule has 3 heteroatoms. The van der Waals surface area contributed by atoms with Crippen molar-refractivity contribution in [1.29, 1.82) is 0 Å². The van der Waals surface area contributed by atoms with E-state index in [-0.39, 0.29) is 0 Å². The molecule has 0 spiro atoms. The molecule has 0 rings (SSSR count). The fraction of sp³-hybridized carbons (Fsp3) is 0.667. The van der Waals surface area contributed by atoms with Crippen LogP contribution < -0.4 is 0 Å². The van der Waals surface area contributed by atoms with Crippen molar-refractivity contribution in [3.05, 3.63) is 0 Å². The fourth-order valence-corrected chi connectivity index (χ4v) is 2.89. The van der Waals surface area contributed by atoms with Crippen LogP contribution in [0, 0.1) is 0 Å². The Balaban J connectivity index is 2.83. The van der Waals surface area contributed by atoms with Gasteiger partial charge in [0.05, 0.1) is 0 Å². The maximum atomic E-state index is 4.78. The van der Waals surface area contributed by atoms with E-state index in [1.807, 2.05) is 6.92 Å². The minimum Gasteiger partial charge on any atom is -0.123 e. The van der Waals surface area contributed by atoms with Gasteiger partial charge < -0.3 is 0 Å². The van der Waals surface area contributed by atoms with Gasteiger partial charge in [-0.2, -0.15) is 0 Å². The van der Waals surface area contributed by atoms with Gasteiger partial charge in [0.1, 0.15) is 0 Å². The third-order valence-electron chi connectivity index (χ3n) is 0.348. The highest BCUT2D eigenvalue weighted by molar-refractivity contribution is 8.23. The lowest BCUT2D eigenvalue weighted by Crippen LogP contribution is -1.78. The summed E-state index contributed by atoms with van der Waals surface area (Å²) in [5.74, 6) is 0. The molecule has 0 atom stereocenters. The number of hydrogen-bond donors (Lipinski definition) is 0. The van der Waals surface area contributed by atoms with Gasteiger partial charge in [0.15, 0.2) is 0 Å². The van der Waals surface area contributed by atoms with Crippen molar-refractivity contribution in [2.75, 3.05) is 5.38 Å². The van der Waals surface area contributed by atoms with E-state index in [4.69, 9.17) is 12.2 Å². The van der Waals surface area contributed by atoms with Crippen LogP contribution in [0.25, 0.3) is 0 Å². The average molecular weight is 136 g/mol. The highest BCUT2D eigenvalue weighted by Crippen LogP contribution is 1.98. The first-order chi connectivity index (χ1) is 2.77. The summed E-state index contributed by atoms with van der Waals surface area (Å²) in [5.41, 5.74) is 0. The molecule has 0 aliphatic rings. The minimum absolute atomic E-state index is 1.07. The molecule has 0 unspecified atom stereocenters. The molecule has 36 valence electrons. The van der Waals surface area contributed by atoms with E-state index in [2.05, 4.69) is 0 Å². The predicted octanol–water partition coefficient (Wildman–Crippen LogP) is 0.390. The summed E-state index contributed by atoms with van der Waals surface area (Å²) in [6.07, 6.45) is 0. The van der Waals surface area contributed by atoms with E-state index in [1.54, 1.807) is 11.8 Å². The Morgan fingerprint density at radius 1 is 2.00 bits per heavy atom. The molecule has 0 saturated heterocycles. The van der Waals surface area contributed by atoms with Crippen LogP contribution in [0.15, 0.2) is 0 Å². The lowest BCUT2D eigenvalue weighted by molar-refractivity contribution is 2.10. The summed E-state index contributed by atoms with van der Waals surface area (Å²) in [5, 5.41) is 1.25. The molecular weight excluding hydrogens is 128 g/mol. The van der Waals surface area contributed by atoms with Gasteiger partial charge in [-0.15, -0.1) is 11.8 Å². The van der Waals surface area contributed by atoms with Gasteiger partial charge in [0.25, 0.3) is 0 Å². The van der Waals surface area contributed by atoms with Crippen LogP contribution in [0.5, 0.6) is 0 Å². The van der Waals surface area contributed by atoms with Crippen molar-refractivity contribution >= 4 is 38.4 Å². The Hall–Kier alpha value is 0.657. The molecule has 0 aromatic heterocycles. The van der Waals surface area contributed by atoms with E-state index >= 15 is 0 Å². The van der Waals surface area contributed by atoms with Crippen molar-refractivity contribution in [2.24, 2.45) is 0 Å². The SMILES string of the molecule is CC(=S)SC[SiH3]. The van der Waals surface area contributed by atoms with Crippen molar-refractivity contribution in [2.45, 2.75) is 6.92 Å². The second-order valence-corrected chi connectivity index (χ2v) is 5.01. The van der Waals surface area contributed by atoms with Gasteiger partial charge in [0.2, 0.25) is 0 Å². The van der Waals surface area contributed by atoms with Gasteiger partial charge in [-0.3, -0.25) is 0 Å². The first kappa shape index (κ1) is 6.66. The largest absolute Gasteiger partial charge is 0.123 e. The normalized spacial score (nSPS) is 8.83. The number of thioether (sulfide) groups is 1. The first-order valence-electron chi connectivity index (χ1n) is 1.90. The molecule has 0 aromatic carbocycles. The molecule has 6 heavy (non-hydrogen) atoms. The zero-order valence-electron chi connectivity index (χ0n) is 4.02. The van der Waals surface area contributed by atoms with Crippen LogP contribution in [0.4, 0.5) is 0 Å². The molecular formula is C3H8S2Si. The van der Waals surface area contributed by atoms with Crippen molar-refractivity contribution in [3.63, 3.8) is 0 Å². The second kappa shape index (κ2) is 3.83. The maximum absolute atomic E-state index is 4.78. The van der Waals surface area contributed by atoms with Gasteiger partial charge in [0, 0.05) is 14.4 Å². The first-order valence-corrected chi connectivity index (χ1v) is 4.71. The maximum Gasteiger partial charge on any atom is 0.0444 e. The Labute approximate surface area is 51.1 Å². The molecule has 0 N–H and O–H groups in total. The van der Waals surface area contributed by atoms with Gasteiger partial charge >= 0.3 is 0 Å². The van der Waals surface area contributed by atoms with E-state index in [0.717, 1.165) is 4.20 Å². The van der Waals surface area contributed by atoms with Crippen LogP contribution in [-0.4, -0.2) is 19.8 Å². The molecule has 0 heterocycles. The van der Waals surface area contributed by atoms with Crippen LogP contribution in [0.1, 0.15) is 6.92 Å². The zero-order valence-corrected chi connectivity index (χ0v) is 7.66. The standard InChI is InChI=1S/C3H8S2Si/c1-3(4)5-2-6/h2H2,1,6H3. The summed E-state index contributed by atoms with van der Waals surface area (Å²) in [6, 6.07) is 0. The third kappa shape index (κ3) is 4.66. The molecule has 0 saturated carbocycles. The van der Waals surface area contributed by atoms with Crippen molar-refractivity contribution in [3.8, 4) is 0 Å². The third-order valence-corrected chi connectivity index (χ3v) is 2.26. The summed E-state index contributed by atoms with van der Waals surface area (Å²) < 4.78 is 1.07. The quantitative estimate of drug-likeness (QED) is 0.378. The minimum atomic E-state index is 1.07. The van der Waals surface area contributed by atoms with Crippen LogP contribution in [0.3, 0.4) is 0 Å². The van der Waals surface area contributed by atoms with E-state index in [1.165, 1.54) is 15.6 Å². The molecule has 0 aromatic rings. The van der Waals surface area contributed by atoms with Crippen LogP contribution >= 0.6 is 24.0 Å². The topological polar surface area (TPSA) is 0 Å². The molecule has 0 fully saturated rings. The van der Waals surface area contributed by atoms with E-state index in [9.17, 15) is 0 Å². The monoisotopic (exact) mass is 136 g/mol. The molecule has 0 aliphatic heterocycles. The average Bonchev–Trinajstić information content (AvgIpc) is 1.35. The molecule has 0 amide bonds. The lowest BCUT2D eigenvalue weighted by Gasteiger charge is -1.84. The van der Waals surface area contributed by atoms with Gasteiger partial charge in [-0.1, -0.05) is 12.2 Å². The Bertz CT molecular complexity index is 52.8. The lowest BCUT2D eigenvalue weighted by atomic mass is 11.0. The zero-order chi connectivity index (χ0) is 4.99. The fourth-order valence-electron chi connectivity index (χ4n) is 0.203. The Kier molecular flexibility index (Phi) is 4.25. The Morgan fingerprint density at radius 2 is 2.50 bits per heavy atom. The smallest absolute Gasteiger partial charge is 0.0444 e. The van der Waals surface area contributed by atoms with Crippen molar-refractivity contribution in [1.82, 2.24) is 0 Å². The van der Waals surface area contributed by atoms with Gasteiger partial charge in [-0.25, -0.2) is 0 Å². The summed E-state index contributed by atoms with van der Waals surface area (Å²) in [7, 11) is 1.26. The highest BCUT2D eigenvalue weighted by atomic mass is 32.2. The molecule has 0 bridgehead atoms. The second-order valence-electron chi connectivity index (χ2n) is 0.925.